The number of rotatable bonds is 4. The van der Waals surface area contributed by atoms with E-state index < -0.39 is 0 Å². The van der Waals surface area contributed by atoms with Crippen molar-refractivity contribution in [2.24, 2.45) is 4.99 Å². The highest BCUT2D eigenvalue weighted by Gasteiger charge is 2.22. The van der Waals surface area contributed by atoms with E-state index in [2.05, 4.69) is 26.1 Å². The van der Waals surface area contributed by atoms with Crippen molar-refractivity contribution in [3.8, 4) is 5.75 Å². The molecule has 0 bridgehead atoms. The fourth-order valence-electron chi connectivity index (χ4n) is 1.80. The van der Waals surface area contributed by atoms with Crippen molar-refractivity contribution < 1.29 is 4.74 Å². The number of ether oxygens (including phenoxy) is 1. The number of nitrogens with one attached hydrogen (secondary N) is 1. The van der Waals surface area contributed by atoms with Gasteiger partial charge in [-0.15, -0.1) is 0 Å². The van der Waals surface area contributed by atoms with Gasteiger partial charge >= 0.3 is 0 Å². The van der Waals surface area contributed by atoms with Crippen LogP contribution in [0, 0.1) is 0 Å². The first-order chi connectivity index (χ1) is 9.09. The summed E-state index contributed by atoms with van der Waals surface area (Å²) in [6.45, 7) is 7.23. The lowest BCUT2D eigenvalue weighted by Crippen LogP contribution is -2.27. The first-order valence-electron chi connectivity index (χ1n) is 6.81. The predicted octanol–water partition coefficient (Wildman–Crippen LogP) is 4.16. The number of anilines is 1. The Kier molecular flexibility index (Phi) is 4.75. The topological polar surface area (TPSA) is 33.6 Å². The molecular formula is C15H22N2OS. The minimum absolute atomic E-state index is 0.0533. The molecule has 0 spiro atoms. The Balaban J connectivity index is 1.98. The number of amidine groups is 1. The van der Waals surface area contributed by atoms with Gasteiger partial charge in [0.15, 0.2) is 5.17 Å². The van der Waals surface area contributed by atoms with Crippen LogP contribution in [0.1, 0.15) is 33.6 Å². The largest absolute Gasteiger partial charge is 0.494 e. The molecule has 0 fully saturated rings. The molecule has 1 aromatic carbocycles. The molecule has 1 aliphatic rings. The molecule has 19 heavy (non-hydrogen) atoms. The highest BCUT2D eigenvalue weighted by Crippen LogP contribution is 2.27. The van der Waals surface area contributed by atoms with Crippen LogP contribution in [0.2, 0.25) is 0 Å². The van der Waals surface area contributed by atoms with E-state index in [4.69, 9.17) is 9.73 Å². The maximum atomic E-state index is 5.57. The van der Waals surface area contributed by atoms with Crippen LogP contribution < -0.4 is 10.1 Å². The fraction of sp³-hybridized carbons (Fsp3) is 0.533. The van der Waals surface area contributed by atoms with Crippen LogP contribution in [0.5, 0.6) is 5.75 Å². The van der Waals surface area contributed by atoms with Crippen LogP contribution in [0.25, 0.3) is 0 Å². The Morgan fingerprint density at radius 3 is 2.68 bits per heavy atom. The van der Waals surface area contributed by atoms with E-state index in [0.717, 1.165) is 41.8 Å². The molecule has 4 heteroatoms. The van der Waals surface area contributed by atoms with Gasteiger partial charge in [-0.05, 0) is 51.0 Å². The Bertz CT molecular complexity index is 440. The van der Waals surface area contributed by atoms with Gasteiger partial charge in [-0.3, -0.25) is 4.99 Å². The van der Waals surface area contributed by atoms with Gasteiger partial charge in [0.05, 0.1) is 12.1 Å². The van der Waals surface area contributed by atoms with Gasteiger partial charge < -0.3 is 10.1 Å². The van der Waals surface area contributed by atoms with Crippen molar-refractivity contribution in [2.75, 3.05) is 17.7 Å². The van der Waals surface area contributed by atoms with Crippen molar-refractivity contribution >= 4 is 22.6 Å². The van der Waals surface area contributed by atoms with E-state index in [1.807, 2.05) is 24.3 Å². The third-order valence-electron chi connectivity index (χ3n) is 2.94. The number of thioether (sulfide) groups is 1. The Morgan fingerprint density at radius 2 is 2.05 bits per heavy atom. The standard InChI is InChI=1S/C15H22N2OS/c1-4-10-18-13-7-5-12(6-8-13)16-14-17-15(2,3)9-11-19-14/h5-8H,4,9-11H2,1-3H3,(H,16,17). The van der Waals surface area contributed by atoms with E-state index in [1.54, 1.807) is 11.8 Å². The van der Waals surface area contributed by atoms with E-state index >= 15 is 0 Å². The Morgan fingerprint density at radius 1 is 1.32 bits per heavy atom. The molecule has 1 N–H and O–H groups in total. The van der Waals surface area contributed by atoms with Crippen molar-refractivity contribution in [3.05, 3.63) is 24.3 Å². The van der Waals surface area contributed by atoms with Gasteiger partial charge in [-0.2, -0.15) is 0 Å². The molecule has 0 saturated carbocycles. The SMILES string of the molecule is CCCOc1ccc(NC2=NC(C)(C)CCS2)cc1. The summed E-state index contributed by atoms with van der Waals surface area (Å²) in [5, 5.41) is 4.39. The third-order valence-corrected chi connectivity index (χ3v) is 3.81. The first kappa shape index (κ1) is 14.3. The molecule has 0 atom stereocenters. The number of aliphatic imine (C=N–C) groups is 1. The minimum atomic E-state index is 0.0533. The highest BCUT2D eigenvalue weighted by atomic mass is 32.2. The molecule has 1 aromatic rings. The first-order valence-corrected chi connectivity index (χ1v) is 7.80. The van der Waals surface area contributed by atoms with Gasteiger partial charge in [0.25, 0.3) is 0 Å². The van der Waals surface area contributed by atoms with E-state index in [9.17, 15) is 0 Å². The van der Waals surface area contributed by atoms with Gasteiger partial charge in [-0.1, -0.05) is 18.7 Å². The molecule has 0 aliphatic carbocycles. The van der Waals surface area contributed by atoms with Crippen LogP contribution in [-0.4, -0.2) is 23.1 Å². The molecule has 2 rings (SSSR count). The second-order valence-electron chi connectivity index (χ2n) is 5.33. The zero-order valence-corrected chi connectivity index (χ0v) is 12.7. The molecule has 0 saturated heterocycles. The molecule has 0 amide bonds. The summed E-state index contributed by atoms with van der Waals surface area (Å²) in [4.78, 5) is 4.72. The summed E-state index contributed by atoms with van der Waals surface area (Å²) >= 11 is 1.79. The second kappa shape index (κ2) is 6.33. The summed E-state index contributed by atoms with van der Waals surface area (Å²) in [7, 11) is 0. The molecule has 1 heterocycles. The number of hydrogen-bond donors (Lipinski definition) is 1. The van der Waals surface area contributed by atoms with Gasteiger partial charge in [0, 0.05) is 11.4 Å². The van der Waals surface area contributed by atoms with Gasteiger partial charge in [0.1, 0.15) is 5.75 Å². The summed E-state index contributed by atoms with van der Waals surface area (Å²) in [6, 6.07) is 8.07. The summed E-state index contributed by atoms with van der Waals surface area (Å²) < 4.78 is 5.57. The maximum absolute atomic E-state index is 5.57. The molecule has 0 unspecified atom stereocenters. The smallest absolute Gasteiger partial charge is 0.161 e. The van der Waals surface area contributed by atoms with Crippen LogP contribution in [0.15, 0.2) is 29.3 Å². The average Bonchev–Trinajstić information content (AvgIpc) is 2.37. The van der Waals surface area contributed by atoms with Gasteiger partial charge in [0.2, 0.25) is 0 Å². The quantitative estimate of drug-likeness (QED) is 0.898. The van der Waals surface area contributed by atoms with E-state index in [0.29, 0.717) is 0 Å². The molecule has 0 aromatic heterocycles. The lowest BCUT2D eigenvalue weighted by molar-refractivity contribution is 0.317. The fourth-order valence-corrected chi connectivity index (χ4v) is 3.10. The second-order valence-corrected chi connectivity index (χ2v) is 6.41. The predicted molar refractivity (Wildman–Crippen MR) is 84.4 cm³/mol. The number of hydrogen-bond acceptors (Lipinski definition) is 4. The normalized spacial score (nSPS) is 17.7. The summed E-state index contributed by atoms with van der Waals surface area (Å²) in [6.07, 6.45) is 2.16. The summed E-state index contributed by atoms with van der Waals surface area (Å²) in [5.74, 6) is 2.04. The van der Waals surface area contributed by atoms with Crippen LogP contribution in [0.3, 0.4) is 0 Å². The lowest BCUT2D eigenvalue weighted by atomic mass is 10.0. The van der Waals surface area contributed by atoms with E-state index in [-0.39, 0.29) is 5.54 Å². The lowest BCUT2D eigenvalue weighted by Gasteiger charge is -2.26. The Labute approximate surface area is 119 Å². The van der Waals surface area contributed by atoms with Gasteiger partial charge in [-0.25, -0.2) is 0 Å². The minimum Gasteiger partial charge on any atom is -0.494 e. The zero-order chi connectivity index (χ0) is 13.7. The van der Waals surface area contributed by atoms with Crippen molar-refractivity contribution in [3.63, 3.8) is 0 Å². The number of nitrogens with zero attached hydrogens (tertiary/aromatic N) is 1. The molecule has 1 aliphatic heterocycles. The monoisotopic (exact) mass is 278 g/mol. The van der Waals surface area contributed by atoms with Crippen LogP contribution in [-0.2, 0) is 0 Å². The van der Waals surface area contributed by atoms with E-state index in [1.165, 1.54) is 0 Å². The third kappa shape index (κ3) is 4.46. The van der Waals surface area contributed by atoms with Crippen LogP contribution in [0.4, 0.5) is 5.69 Å². The zero-order valence-electron chi connectivity index (χ0n) is 11.9. The highest BCUT2D eigenvalue weighted by molar-refractivity contribution is 8.14. The Hall–Kier alpha value is -1.16. The number of benzene rings is 1. The summed E-state index contributed by atoms with van der Waals surface area (Å²) in [5.41, 5.74) is 1.12. The molecule has 0 radical (unpaired) electrons. The van der Waals surface area contributed by atoms with Crippen molar-refractivity contribution in [1.29, 1.82) is 0 Å². The molecule has 104 valence electrons. The van der Waals surface area contributed by atoms with Crippen molar-refractivity contribution in [1.82, 2.24) is 0 Å². The van der Waals surface area contributed by atoms with Crippen molar-refractivity contribution in [2.45, 2.75) is 39.2 Å². The maximum Gasteiger partial charge on any atom is 0.161 e. The average molecular weight is 278 g/mol. The molecule has 3 nitrogen and oxygen atoms in total. The molecular weight excluding hydrogens is 256 g/mol. The van der Waals surface area contributed by atoms with Crippen LogP contribution >= 0.6 is 11.8 Å².